The summed E-state index contributed by atoms with van der Waals surface area (Å²) in [4.78, 5) is 6.27. The Hall–Kier alpha value is -1.65. The summed E-state index contributed by atoms with van der Waals surface area (Å²) in [6.45, 7) is 4.12. The van der Waals surface area contributed by atoms with E-state index < -0.39 is 0 Å². The minimum absolute atomic E-state index is 0.547. The number of benzene rings is 1. The van der Waals surface area contributed by atoms with Crippen molar-refractivity contribution in [2.24, 2.45) is 0 Å². The maximum atomic E-state index is 4.05. The van der Waals surface area contributed by atoms with Gasteiger partial charge in [-0.1, -0.05) is 12.1 Å². The topological polar surface area (TPSA) is 33.1 Å². The molecule has 1 aromatic heterocycles. The van der Waals surface area contributed by atoms with Gasteiger partial charge >= 0.3 is 0 Å². The lowest BCUT2D eigenvalue weighted by Crippen LogP contribution is -2.35. The first kappa shape index (κ1) is 13.8. The minimum atomic E-state index is 0.547. The Bertz CT molecular complexity index is 473. The summed E-state index contributed by atoms with van der Waals surface area (Å²) in [7, 11) is 4.21. The molecule has 0 aliphatic rings. The van der Waals surface area contributed by atoms with Gasteiger partial charge in [-0.05, 0) is 38.7 Å². The molecular weight excluding hydrogens is 236 g/mol. The SMILES string of the molecule is CC(CNCc1ccc(-n2ccnc2)cc1)N(C)C. The van der Waals surface area contributed by atoms with E-state index >= 15 is 0 Å². The van der Waals surface area contributed by atoms with Crippen molar-refractivity contribution < 1.29 is 0 Å². The molecule has 4 heteroatoms. The van der Waals surface area contributed by atoms with Crippen LogP contribution >= 0.6 is 0 Å². The van der Waals surface area contributed by atoms with Crippen molar-refractivity contribution >= 4 is 0 Å². The average Bonchev–Trinajstić information content (AvgIpc) is 2.93. The highest BCUT2D eigenvalue weighted by molar-refractivity contribution is 5.34. The van der Waals surface area contributed by atoms with Crippen molar-refractivity contribution in [2.45, 2.75) is 19.5 Å². The molecule has 0 saturated carbocycles. The number of hydrogen-bond donors (Lipinski definition) is 1. The maximum Gasteiger partial charge on any atom is 0.0991 e. The Balaban J connectivity index is 1.86. The van der Waals surface area contributed by atoms with Gasteiger partial charge in [-0.3, -0.25) is 0 Å². The molecule has 1 unspecified atom stereocenters. The van der Waals surface area contributed by atoms with Crippen LogP contribution in [0.5, 0.6) is 0 Å². The van der Waals surface area contributed by atoms with E-state index in [9.17, 15) is 0 Å². The fourth-order valence-corrected chi connectivity index (χ4v) is 1.81. The van der Waals surface area contributed by atoms with Gasteiger partial charge < -0.3 is 14.8 Å². The third-order valence-electron chi connectivity index (χ3n) is 3.39. The van der Waals surface area contributed by atoms with Gasteiger partial charge in [-0.25, -0.2) is 4.98 Å². The lowest BCUT2D eigenvalue weighted by Gasteiger charge is -2.20. The average molecular weight is 258 g/mol. The van der Waals surface area contributed by atoms with Gasteiger partial charge in [0, 0.05) is 37.2 Å². The molecule has 1 heterocycles. The second-order valence-corrected chi connectivity index (χ2v) is 5.08. The van der Waals surface area contributed by atoms with E-state index in [2.05, 4.69) is 60.5 Å². The molecule has 1 aromatic carbocycles. The summed E-state index contributed by atoms with van der Waals surface area (Å²) in [5.41, 5.74) is 2.44. The summed E-state index contributed by atoms with van der Waals surface area (Å²) < 4.78 is 2.01. The maximum absolute atomic E-state index is 4.05. The Morgan fingerprint density at radius 2 is 2.00 bits per heavy atom. The first-order chi connectivity index (χ1) is 9.16. The first-order valence-corrected chi connectivity index (χ1v) is 6.61. The van der Waals surface area contributed by atoms with E-state index in [-0.39, 0.29) is 0 Å². The van der Waals surface area contributed by atoms with Gasteiger partial charge in [-0.15, -0.1) is 0 Å². The molecule has 0 saturated heterocycles. The number of rotatable bonds is 6. The highest BCUT2D eigenvalue weighted by atomic mass is 15.1. The zero-order valence-electron chi connectivity index (χ0n) is 11.9. The smallest absolute Gasteiger partial charge is 0.0991 e. The molecule has 0 bridgehead atoms. The molecule has 0 radical (unpaired) electrons. The van der Waals surface area contributed by atoms with E-state index in [1.807, 2.05) is 17.1 Å². The third-order valence-corrected chi connectivity index (χ3v) is 3.39. The number of hydrogen-bond acceptors (Lipinski definition) is 3. The van der Waals surface area contributed by atoms with Crippen molar-refractivity contribution in [1.29, 1.82) is 0 Å². The van der Waals surface area contributed by atoms with Crippen LogP contribution in [0.4, 0.5) is 0 Å². The van der Waals surface area contributed by atoms with Gasteiger partial charge in [-0.2, -0.15) is 0 Å². The molecule has 0 aliphatic carbocycles. The molecule has 4 nitrogen and oxygen atoms in total. The Kier molecular flexibility index (Phi) is 4.71. The molecular formula is C15H22N4. The predicted octanol–water partition coefficient (Wildman–Crippen LogP) is 1.91. The molecule has 1 N–H and O–H groups in total. The van der Waals surface area contributed by atoms with Crippen LogP contribution in [0.15, 0.2) is 43.0 Å². The standard InChI is InChI=1S/C15H22N4/c1-13(18(2)3)10-17-11-14-4-6-15(7-5-14)19-9-8-16-12-19/h4-9,12-13,17H,10-11H2,1-3H3. The zero-order valence-corrected chi connectivity index (χ0v) is 11.9. The van der Waals surface area contributed by atoms with E-state index in [0.717, 1.165) is 18.8 Å². The molecule has 2 rings (SSSR count). The molecule has 2 aromatic rings. The fraction of sp³-hybridized carbons (Fsp3) is 0.400. The minimum Gasteiger partial charge on any atom is -0.311 e. The third kappa shape index (κ3) is 3.91. The number of nitrogens with zero attached hydrogens (tertiary/aromatic N) is 3. The summed E-state index contributed by atoms with van der Waals surface area (Å²) >= 11 is 0. The van der Waals surface area contributed by atoms with E-state index in [1.54, 1.807) is 6.20 Å². The summed E-state index contributed by atoms with van der Waals surface area (Å²) in [5.74, 6) is 0. The van der Waals surface area contributed by atoms with Crippen LogP contribution in [-0.2, 0) is 6.54 Å². The van der Waals surface area contributed by atoms with Gasteiger partial charge in [0.2, 0.25) is 0 Å². The second kappa shape index (κ2) is 6.50. The van der Waals surface area contributed by atoms with Gasteiger partial charge in [0.15, 0.2) is 0 Å². The molecule has 102 valence electrons. The Labute approximate surface area is 115 Å². The van der Waals surface area contributed by atoms with E-state index in [4.69, 9.17) is 0 Å². The lowest BCUT2D eigenvalue weighted by atomic mass is 10.2. The van der Waals surface area contributed by atoms with Crippen molar-refractivity contribution in [3.63, 3.8) is 0 Å². The summed E-state index contributed by atoms with van der Waals surface area (Å²) in [6, 6.07) is 9.10. The number of nitrogens with one attached hydrogen (secondary N) is 1. The van der Waals surface area contributed by atoms with E-state index in [1.165, 1.54) is 5.56 Å². The Morgan fingerprint density at radius 1 is 1.26 bits per heavy atom. The highest BCUT2D eigenvalue weighted by Gasteiger charge is 2.03. The predicted molar refractivity (Wildman–Crippen MR) is 78.4 cm³/mol. The van der Waals surface area contributed by atoms with Crippen molar-refractivity contribution in [1.82, 2.24) is 19.8 Å². The van der Waals surface area contributed by atoms with Crippen LogP contribution in [0, 0.1) is 0 Å². The quantitative estimate of drug-likeness (QED) is 0.859. The summed E-state index contributed by atoms with van der Waals surface area (Å²) in [5, 5.41) is 3.48. The first-order valence-electron chi connectivity index (χ1n) is 6.61. The second-order valence-electron chi connectivity index (χ2n) is 5.08. The van der Waals surface area contributed by atoms with Crippen LogP contribution in [0.2, 0.25) is 0 Å². The number of likely N-dealkylation sites (N-methyl/N-ethyl adjacent to an activating group) is 1. The largest absolute Gasteiger partial charge is 0.311 e. The molecule has 0 aliphatic heterocycles. The lowest BCUT2D eigenvalue weighted by molar-refractivity contribution is 0.302. The van der Waals surface area contributed by atoms with Crippen LogP contribution < -0.4 is 5.32 Å². The normalized spacial score (nSPS) is 12.8. The van der Waals surface area contributed by atoms with Crippen LogP contribution in [-0.4, -0.2) is 41.1 Å². The van der Waals surface area contributed by atoms with Crippen LogP contribution in [0.25, 0.3) is 5.69 Å². The zero-order chi connectivity index (χ0) is 13.7. The van der Waals surface area contributed by atoms with Gasteiger partial charge in [0.1, 0.15) is 0 Å². The highest BCUT2D eigenvalue weighted by Crippen LogP contribution is 2.09. The molecule has 0 spiro atoms. The van der Waals surface area contributed by atoms with Gasteiger partial charge in [0.05, 0.1) is 6.33 Å². The van der Waals surface area contributed by atoms with E-state index in [0.29, 0.717) is 6.04 Å². The number of imidazole rings is 1. The fourth-order valence-electron chi connectivity index (χ4n) is 1.81. The van der Waals surface area contributed by atoms with Crippen LogP contribution in [0.1, 0.15) is 12.5 Å². The molecule has 0 fully saturated rings. The van der Waals surface area contributed by atoms with Crippen LogP contribution in [0.3, 0.4) is 0 Å². The van der Waals surface area contributed by atoms with Crippen molar-refractivity contribution in [2.75, 3.05) is 20.6 Å². The van der Waals surface area contributed by atoms with Gasteiger partial charge in [0.25, 0.3) is 0 Å². The summed E-state index contributed by atoms with van der Waals surface area (Å²) in [6.07, 6.45) is 5.55. The van der Waals surface area contributed by atoms with Crippen molar-refractivity contribution in [3.05, 3.63) is 48.5 Å². The van der Waals surface area contributed by atoms with Crippen molar-refractivity contribution in [3.8, 4) is 5.69 Å². The number of aromatic nitrogens is 2. The molecule has 19 heavy (non-hydrogen) atoms. The molecule has 0 amide bonds. The molecule has 1 atom stereocenters. The monoisotopic (exact) mass is 258 g/mol. The Morgan fingerprint density at radius 3 is 2.58 bits per heavy atom.